The molecule has 1 aromatic carbocycles. The maximum Gasteiger partial charge on any atom is 0.238 e. The van der Waals surface area contributed by atoms with Crippen molar-refractivity contribution in [3.8, 4) is 6.07 Å². The lowest BCUT2D eigenvalue weighted by molar-refractivity contribution is -0.124. The summed E-state index contributed by atoms with van der Waals surface area (Å²) >= 11 is 1.51. The molecular weight excluding hydrogens is 282 g/mol. The number of carbonyl (C=O) groups is 1. The number of nitrogens with one attached hydrogen (secondary N) is 1. The van der Waals surface area contributed by atoms with E-state index in [1.165, 1.54) is 11.3 Å². The summed E-state index contributed by atoms with van der Waals surface area (Å²) in [7, 11) is 0. The number of hydrogen-bond donors (Lipinski definition) is 1. The molecule has 5 heteroatoms. The average Bonchev–Trinajstić information content (AvgIpc) is 2.92. The minimum Gasteiger partial charge on any atom is -0.346 e. The Morgan fingerprint density at radius 3 is 2.71 bits per heavy atom. The number of nitrogens with zero attached hydrogens (tertiary/aromatic N) is 2. The molecule has 0 fully saturated rings. The molecule has 0 aliphatic heterocycles. The highest BCUT2D eigenvalue weighted by atomic mass is 32.1. The van der Waals surface area contributed by atoms with Crippen molar-refractivity contribution < 1.29 is 4.79 Å². The van der Waals surface area contributed by atoms with E-state index in [0.29, 0.717) is 6.42 Å². The van der Waals surface area contributed by atoms with Crippen LogP contribution in [0, 0.1) is 24.2 Å². The third-order valence-electron chi connectivity index (χ3n) is 3.12. The molecule has 1 N–H and O–H groups in total. The van der Waals surface area contributed by atoms with E-state index in [4.69, 9.17) is 0 Å². The van der Waals surface area contributed by atoms with Crippen molar-refractivity contribution in [1.82, 2.24) is 10.3 Å². The summed E-state index contributed by atoms with van der Waals surface area (Å²) in [6, 6.07) is 11.5. The highest BCUT2D eigenvalue weighted by molar-refractivity contribution is 7.09. The third kappa shape index (κ3) is 4.14. The Labute approximate surface area is 128 Å². The van der Waals surface area contributed by atoms with Gasteiger partial charge in [0.1, 0.15) is 10.9 Å². The van der Waals surface area contributed by atoms with Gasteiger partial charge in [-0.15, -0.1) is 11.3 Å². The molecule has 0 bridgehead atoms. The number of hydrogen-bond acceptors (Lipinski definition) is 4. The van der Waals surface area contributed by atoms with Crippen molar-refractivity contribution in [3.05, 3.63) is 52.0 Å². The van der Waals surface area contributed by atoms with E-state index in [9.17, 15) is 10.1 Å². The van der Waals surface area contributed by atoms with Gasteiger partial charge in [-0.25, -0.2) is 4.98 Å². The quantitative estimate of drug-likeness (QED) is 0.923. The zero-order chi connectivity index (χ0) is 15.2. The second-order valence-corrected chi connectivity index (χ2v) is 5.82. The monoisotopic (exact) mass is 299 g/mol. The molecule has 1 heterocycles. The molecular formula is C16H17N3OS. The Hall–Kier alpha value is -2.19. The van der Waals surface area contributed by atoms with E-state index in [1.807, 2.05) is 49.6 Å². The second-order valence-electron chi connectivity index (χ2n) is 4.93. The molecule has 2 atom stereocenters. The molecule has 21 heavy (non-hydrogen) atoms. The van der Waals surface area contributed by atoms with E-state index in [-0.39, 0.29) is 11.9 Å². The molecule has 2 aromatic rings. The van der Waals surface area contributed by atoms with Gasteiger partial charge in [-0.3, -0.25) is 4.79 Å². The Balaban J connectivity index is 1.99. The van der Waals surface area contributed by atoms with Crippen molar-refractivity contribution in [3.63, 3.8) is 0 Å². The number of aryl methyl sites for hydroxylation is 1. The molecule has 0 radical (unpaired) electrons. The molecule has 0 aliphatic carbocycles. The Kier molecular flexibility index (Phi) is 5.07. The highest BCUT2D eigenvalue weighted by Gasteiger charge is 2.21. The van der Waals surface area contributed by atoms with E-state index in [2.05, 4.69) is 16.4 Å². The molecule has 0 saturated heterocycles. The lowest BCUT2D eigenvalue weighted by Crippen LogP contribution is -2.33. The van der Waals surface area contributed by atoms with Gasteiger partial charge >= 0.3 is 0 Å². The normalized spacial score (nSPS) is 13.2. The van der Waals surface area contributed by atoms with Gasteiger partial charge in [0, 0.05) is 11.1 Å². The zero-order valence-corrected chi connectivity index (χ0v) is 12.9. The van der Waals surface area contributed by atoms with Gasteiger partial charge in [0.15, 0.2) is 0 Å². The summed E-state index contributed by atoms with van der Waals surface area (Å²) in [5.74, 6) is -0.933. The van der Waals surface area contributed by atoms with Crippen LogP contribution in [0.5, 0.6) is 0 Å². The van der Waals surface area contributed by atoms with E-state index >= 15 is 0 Å². The summed E-state index contributed by atoms with van der Waals surface area (Å²) in [6.45, 7) is 3.80. The molecule has 0 aliphatic rings. The summed E-state index contributed by atoms with van der Waals surface area (Å²) in [5.41, 5.74) is 1.93. The molecule has 4 nitrogen and oxygen atoms in total. The van der Waals surface area contributed by atoms with Gasteiger partial charge in [0.05, 0.1) is 12.1 Å². The Bertz CT molecular complexity index is 645. The zero-order valence-electron chi connectivity index (χ0n) is 12.0. The summed E-state index contributed by atoms with van der Waals surface area (Å²) in [6.07, 6.45) is 0.423. The van der Waals surface area contributed by atoms with Gasteiger partial charge in [0.25, 0.3) is 0 Å². The van der Waals surface area contributed by atoms with Gasteiger partial charge in [-0.05, 0) is 25.8 Å². The number of amides is 1. The lowest BCUT2D eigenvalue weighted by atomic mass is 9.99. The van der Waals surface area contributed by atoms with Gasteiger partial charge < -0.3 is 5.32 Å². The van der Waals surface area contributed by atoms with Crippen LogP contribution in [0.15, 0.2) is 35.7 Å². The predicted molar refractivity (Wildman–Crippen MR) is 82.7 cm³/mol. The summed E-state index contributed by atoms with van der Waals surface area (Å²) in [5, 5.41) is 14.9. The molecule has 2 rings (SSSR count). The Morgan fingerprint density at radius 2 is 2.14 bits per heavy atom. The maximum absolute atomic E-state index is 12.2. The minimum absolute atomic E-state index is 0.178. The third-order valence-corrected chi connectivity index (χ3v) is 4.27. The number of thiazole rings is 1. The number of nitriles is 1. The van der Waals surface area contributed by atoms with Crippen LogP contribution in [0.3, 0.4) is 0 Å². The minimum atomic E-state index is -0.684. The summed E-state index contributed by atoms with van der Waals surface area (Å²) in [4.78, 5) is 16.6. The largest absolute Gasteiger partial charge is 0.346 e. The van der Waals surface area contributed by atoms with Crippen molar-refractivity contribution in [2.24, 2.45) is 5.92 Å². The molecule has 0 spiro atoms. The van der Waals surface area contributed by atoms with Crippen LogP contribution >= 0.6 is 11.3 Å². The first-order valence-corrected chi connectivity index (χ1v) is 7.64. The van der Waals surface area contributed by atoms with Crippen molar-refractivity contribution in [2.45, 2.75) is 26.3 Å². The van der Waals surface area contributed by atoms with E-state index in [1.54, 1.807) is 0 Å². The molecule has 108 valence electrons. The first-order chi connectivity index (χ1) is 10.1. The number of carbonyl (C=O) groups excluding carboxylic acids is 1. The van der Waals surface area contributed by atoms with Crippen molar-refractivity contribution in [1.29, 1.82) is 5.26 Å². The molecule has 0 saturated carbocycles. The van der Waals surface area contributed by atoms with Gasteiger partial charge in [-0.2, -0.15) is 5.26 Å². The van der Waals surface area contributed by atoms with Crippen LogP contribution in [0.4, 0.5) is 0 Å². The summed E-state index contributed by atoms with van der Waals surface area (Å²) < 4.78 is 0. The second kappa shape index (κ2) is 7.00. The number of benzene rings is 1. The first-order valence-electron chi connectivity index (χ1n) is 6.76. The molecule has 1 amide bonds. The van der Waals surface area contributed by atoms with E-state index in [0.717, 1.165) is 16.3 Å². The molecule has 2 unspecified atom stereocenters. The first kappa shape index (κ1) is 15.2. The maximum atomic E-state index is 12.2. The number of rotatable bonds is 5. The Morgan fingerprint density at radius 1 is 1.43 bits per heavy atom. The van der Waals surface area contributed by atoms with Crippen LogP contribution in [-0.4, -0.2) is 10.9 Å². The smallest absolute Gasteiger partial charge is 0.238 e. The van der Waals surface area contributed by atoms with Gasteiger partial charge in [-0.1, -0.05) is 30.3 Å². The van der Waals surface area contributed by atoms with Crippen LogP contribution in [0.2, 0.25) is 0 Å². The van der Waals surface area contributed by atoms with Crippen LogP contribution in [0.25, 0.3) is 0 Å². The predicted octanol–water partition coefficient (Wildman–Crippen LogP) is 3.01. The fourth-order valence-corrected chi connectivity index (χ4v) is 2.80. The highest BCUT2D eigenvalue weighted by Crippen LogP contribution is 2.18. The standard InChI is InChI=1S/C16H17N3OS/c1-11-10-21-16(18-11)12(2)19-15(20)14(9-17)8-13-6-4-3-5-7-13/h3-7,10,12,14H,8H2,1-2H3,(H,19,20). The van der Waals surface area contributed by atoms with Crippen LogP contribution < -0.4 is 5.32 Å². The van der Waals surface area contributed by atoms with Crippen LogP contribution in [-0.2, 0) is 11.2 Å². The fourth-order valence-electron chi connectivity index (χ4n) is 1.99. The topological polar surface area (TPSA) is 65.8 Å². The fraction of sp³-hybridized carbons (Fsp3) is 0.312. The van der Waals surface area contributed by atoms with Crippen LogP contribution in [0.1, 0.15) is 29.2 Å². The average molecular weight is 299 g/mol. The molecule has 1 aromatic heterocycles. The van der Waals surface area contributed by atoms with Gasteiger partial charge in [0.2, 0.25) is 5.91 Å². The van der Waals surface area contributed by atoms with E-state index < -0.39 is 5.92 Å². The number of aromatic nitrogens is 1. The SMILES string of the molecule is Cc1csc(C(C)NC(=O)C(C#N)Cc2ccccc2)n1. The van der Waals surface area contributed by atoms with Crippen molar-refractivity contribution in [2.75, 3.05) is 0 Å². The van der Waals surface area contributed by atoms with Crippen molar-refractivity contribution >= 4 is 17.2 Å². The lowest BCUT2D eigenvalue weighted by Gasteiger charge is -2.14.